The fourth-order valence-electron chi connectivity index (χ4n) is 3.48. The molecule has 0 radical (unpaired) electrons. The number of hydrogen-bond acceptors (Lipinski definition) is 2. The summed E-state index contributed by atoms with van der Waals surface area (Å²) in [5, 5.41) is 0. The summed E-state index contributed by atoms with van der Waals surface area (Å²) in [5.74, 6) is 2.94. The van der Waals surface area contributed by atoms with Crippen LogP contribution in [0.15, 0.2) is 12.5 Å². The Balaban J connectivity index is 1.65. The third kappa shape index (κ3) is 1.69. The van der Waals surface area contributed by atoms with E-state index in [0.29, 0.717) is 6.54 Å². The van der Waals surface area contributed by atoms with Gasteiger partial charge in [-0.1, -0.05) is 6.42 Å². The molecule has 0 aliphatic heterocycles. The standard InChI is InChI=1S/C12H19N3/c13-5-12-7-15(8-14-12)6-11-4-9-1-2-10(11)3-9/h7-11H,1-6,13H2. The second-order valence-electron chi connectivity index (χ2n) is 5.20. The quantitative estimate of drug-likeness (QED) is 0.817. The molecule has 0 amide bonds. The highest BCUT2D eigenvalue weighted by Crippen LogP contribution is 2.48. The Bertz CT molecular complexity index is 344. The van der Waals surface area contributed by atoms with Gasteiger partial charge in [0, 0.05) is 19.3 Å². The Labute approximate surface area is 90.7 Å². The zero-order valence-electron chi connectivity index (χ0n) is 9.10. The molecule has 3 unspecified atom stereocenters. The van der Waals surface area contributed by atoms with Crippen LogP contribution in [0.3, 0.4) is 0 Å². The predicted molar refractivity (Wildman–Crippen MR) is 59.1 cm³/mol. The van der Waals surface area contributed by atoms with Gasteiger partial charge in [-0.15, -0.1) is 0 Å². The maximum Gasteiger partial charge on any atom is 0.0950 e. The Hall–Kier alpha value is -0.830. The molecule has 0 aromatic carbocycles. The summed E-state index contributed by atoms with van der Waals surface area (Å²) in [7, 11) is 0. The fraction of sp³-hybridized carbons (Fsp3) is 0.750. The molecule has 3 nitrogen and oxygen atoms in total. The Kier molecular flexibility index (Phi) is 2.28. The van der Waals surface area contributed by atoms with Crippen molar-refractivity contribution in [1.82, 2.24) is 9.55 Å². The molecule has 2 bridgehead atoms. The molecule has 2 N–H and O–H groups in total. The average molecular weight is 205 g/mol. The van der Waals surface area contributed by atoms with E-state index in [2.05, 4.69) is 15.7 Å². The van der Waals surface area contributed by atoms with E-state index >= 15 is 0 Å². The highest BCUT2D eigenvalue weighted by atomic mass is 15.0. The molecule has 0 saturated heterocycles. The summed E-state index contributed by atoms with van der Waals surface area (Å²) in [5.41, 5.74) is 6.57. The van der Waals surface area contributed by atoms with Crippen LogP contribution in [0.5, 0.6) is 0 Å². The molecule has 2 aliphatic carbocycles. The van der Waals surface area contributed by atoms with Gasteiger partial charge < -0.3 is 10.3 Å². The monoisotopic (exact) mass is 205 g/mol. The molecule has 0 spiro atoms. The number of rotatable bonds is 3. The molecule has 2 aliphatic rings. The van der Waals surface area contributed by atoms with E-state index in [1.165, 1.54) is 25.7 Å². The summed E-state index contributed by atoms with van der Waals surface area (Å²) in [6, 6.07) is 0. The van der Waals surface area contributed by atoms with Crippen molar-refractivity contribution in [2.24, 2.45) is 23.5 Å². The fourth-order valence-corrected chi connectivity index (χ4v) is 3.48. The van der Waals surface area contributed by atoms with Gasteiger partial charge in [-0.05, 0) is 37.0 Å². The van der Waals surface area contributed by atoms with Crippen molar-refractivity contribution in [3.8, 4) is 0 Å². The molecule has 2 fully saturated rings. The zero-order valence-corrected chi connectivity index (χ0v) is 9.10. The van der Waals surface area contributed by atoms with Gasteiger partial charge in [-0.25, -0.2) is 4.98 Å². The maximum absolute atomic E-state index is 5.56. The van der Waals surface area contributed by atoms with Crippen LogP contribution < -0.4 is 5.73 Å². The minimum Gasteiger partial charge on any atom is -0.337 e. The van der Waals surface area contributed by atoms with Crippen molar-refractivity contribution in [3.05, 3.63) is 18.2 Å². The van der Waals surface area contributed by atoms with E-state index < -0.39 is 0 Å². The van der Waals surface area contributed by atoms with Gasteiger partial charge in [0.1, 0.15) is 0 Å². The van der Waals surface area contributed by atoms with Crippen LogP contribution in [-0.4, -0.2) is 9.55 Å². The summed E-state index contributed by atoms with van der Waals surface area (Å²) in [4.78, 5) is 4.28. The predicted octanol–water partition coefficient (Wildman–Crippen LogP) is 1.78. The van der Waals surface area contributed by atoms with E-state index in [4.69, 9.17) is 5.73 Å². The first-order chi connectivity index (χ1) is 7.35. The van der Waals surface area contributed by atoms with E-state index in [1.807, 2.05) is 6.33 Å². The van der Waals surface area contributed by atoms with Crippen LogP contribution in [0.1, 0.15) is 31.4 Å². The lowest BCUT2D eigenvalue weighted by Crippen LogP contribution is -2.16. The van der Waals surface area contributed by atoms with Crippen molar-refractivity contribution in [3.63, 3.8) is 0 Å². The molecule has 82 valence electrons. The van der Waals surface area contributed by atoms with Crippen molar-refractivity contribution in [2.45, 2.75) is 38.8 Å². The molecule has 1 heterocycles. The van der Waals surface area contributed by atoms with Crippen molar-refractivity contribution in [2.75, 3.05) is 0 Å². The van der Waals surface area contributed by atoms with Gasteiger partial charge in [0.15, 0.2) is 0 Å². The normalized spacial score (nSPS) is 33.8. The van der Waals surface area contributed by atoms with Crippen molar-refractivity contribution >= 4 is 0 Å². The van der Waals surface area contributed by atoms with Gasteiger partial charge >= 0.3 is 0 Å². The smallest absolute Gasteiger partial charge is 0.0950 e. The number of hydrogen-bond donors (Lipinski definition) is 1. The second-order valence-corrected chi connectivity index (χ2v) is 5.20. The second kappa shape index (κ2) is 3.63. The Morgan fingerprint density at radius 3 is 2.93 bits per heavy atom. The van der Waals surface area contributed by atoms with Crippen LogP contribution in [0.4, 0.5) is 0 Å². The van der Waals surface area contributed by atoms with Gasteiger partial charge in [0.2, 0.25) is 0 Å². The number of fused-ring (bicyclic) bond motifs is 2. The number of imidazole rings is 1. The van der Waals surface area contributed by atoms with Crippen molar-refractivity contribution < 1.29 is 0 Å². The lowest BCUT2D eigenvalue weighted by Gasteiger charge is -2.21. The topological polar surface area (TPSA) is 43.8 Å². The van der Waals surface area contributed by atoms with Crippen LogP contribution in [0, 0.1) is 17.8 Å². The molecule has 1 aromatic rings. The lowest BCUT2D eigenvalue weighted by molar-refractivity contribution is 0.295. The first-order valence-electron chi connectivity index (χ1n) is 6.06. The summed E-state index contributed by atoms with van der Waals surface area (Å²) >= 11 is 0. The number of nitrogens with two attached hydrogens (primary N) is 1. The molecular weight excluding hydrogens is 186 g/mol. The molecule has 3 rings (SSSR count). The SMILES string of the molecule is NCc1cn(CC2CC3CCC2C3)cn1. The highest BCUT2D eigenvalue weighted by Gasteiger charge is 2.39. The first kappa shape index (κ1) is 9.40. The van der Waals surface area contributed by atoms with Gasteiger partial charge in [0.25, 0.3) is 0 Å². The van der Waals surface area contributed by atoms with Crippen LogP contribution in [0.25, 0.3) is 0 Å². The van der Waals surface area contributed by atoms with Crippen LogP contribution in [0.2, 0.25) is 0 Å². The van der Waals surface area contributed by atoms with E-state index in [9.17, 15) is 0 Å². The largest absolute Gasteiger partial charge is 0.337 e. The molecule has 2 saturated carbocycles. The number of nitrogens with zero attached hydrogens (tertiary/aromatic N) is 2. The molecule has 15 heavy (non-hydrogen) atoms. The summed E-state index contributed by atoms with van der Waals surface area (Å²) in [6.07, 6.45) is 9.93. The lowest BCUT2D eigenvalue weighted by atomic mass is 9.89. The van der Waals surface area contributed by atoms with Crippen molar-refractivity contribution in [1.29, 1.82) is 0 Å². The summed E-state index contributed by atoms with van der Waals surface area (Å²) < 4.78 is 2.23. The summed E-state index contributed by atoms with van der Waals surface area (Å²) in [6.45, 7) is 1.72. The molecule has 3 atom stereocenters. The molecule has 3 heteroatoms. The van der Waals surface area contributed by atoms with Crippen LogP contribution in [-0.2, 0) is 13.1 Å². The van der Waals surface area contributed by atoms with Gasteiger partial charge in [-0.3, -0.25) is 0 Å². The number of aromatic nitrogens is 2. The molecular formula is C12H19N3. The van der Waals surface area contributed by atoms with E-state index in [-0.39, 0.29) is 0 Å². The minimum absolute atomic E-state index is 0.559. The Morgan fingerprint density at radius 1 is 1.40 bits per heavy atom. The average Bonchev–Trinajstić information content (AvgIpc) is 2.92. The maximum atomic E-state index is 5.56. The van der Waals surface area contributed by atoms with Gasteiger partial charge in [0.05, 0.1) is 12.0 Å². The Morgan fingerprint density at radius 2 is 2.33 bits per heavy atom. The third-order valence-electron chi connectivity index (χ3n) is 4.23. The minimum atomic E-state index is 0.559. The molecule has 1 aromatic heterocycles. The first-order valence-corrected chi connectivity index (χ1v) is 6.06. The van der Waals surface area contributed by atoms with Gasteiger partial charge in [-0.2, -0.15) is 0 Å². The van der Waals surface area contributed by atoms with Crippen LogP contribution >= 0.6 is 0 Å². The van der Waals surface area contributed by atoms with E-state index in [0.717, 1.165) is 30.0 Å². The zero-order chi connectivity index (χ0) is 10.3. The van der Waals surface area contributed by atoms with E-state index in [1.54, 1.807) is 0 Å². The third-order valence-corrected chi connectivity index (χ3v) is 4.23. The highest BCUT2D eigenvalue weighted by molar-refractivity contribution is 4.97.